The number of aromatic amines is 1. The summed E-state index contributed by atoms with van der Waals surface area (Å²) in [6.07, 6.45) is 8.17. The molecule has 26 heavy (non-hydrogen) atoms. The molecule has 1 heterocycles. The van der Waals surface area contributed by atoms with Crippen LogP contribution in [-0.2, 0) is 4.79 Å². The highest BCUT2D eigenvalue weighted by atomic mass is 79.9. The van der Waals surface area contributed by atoms with Crippen LogP contribution in [0.4, 0.5) is 5.69 Å². The molecule has 1 aromatic heterocycles. The Kier molecular flexibility index (Phi) is 5.37. The molecule has 0 atom stereocenters. The predicted octanol–water partition coefficient (Wildman–Crippen LogP) is 7.15. The standard InChI is InChI=1S/C21H22Br2N2O/c22-14-7-8-18-16(10-14)17-11-15(23)12-19(21(17)25-18)24-20(26)9-6-13-4-2-1-3-5-13/h7-8,10-13,25H,1-6,9H2,(H,24,26). The monoisotopic (exact) mass is 476 g/mol. The molecule has 4 rings (SSSR count). The molecule has 1 amide bonds. The van der Waals surface area contributed by atoms with Crippen molar-refractivity contribution in [3.63, 3.8) is 0 Å². The maximum atomic E-state index is 12.5. The topological polar surface area (TPSA) is 44.9 Å². The van der Waals surface area contributed by atoms with Crippen LogP contribution in [0, 0.1) is 5.92 Å². The smallest absolute Gasteiger partial charge is 0.224 e. The molecule has 3 aromatic rings. The van der Waals surface area contributed by atoms with Gasteiger partial charge in [0.15, 0.2) is 0 Å². The van der Waals surface area contributed by atoms with E-state index in [1.165, 1.54) is 32.1 Å². The Morgan fingerprint density at radius 2 is 1.81 bits per heavy atom. The van der Waals surface area contributed by atoms with Crippen molar-refractivity contribution in [2.24, 2.45) is 5.92 Å². The van der Waals surface area contributed by atoms with Gasteiger partial charge in [-0.2, -0.15) is 0 Å². The van der Waals surface area contributed by atoms with Crippen LogP contribution in [0.25, 0.3) is 21.8 Å². The molecule has 1 saturated carbocycles. The van der Waals surface area contributed by atoms with Gasteiger partial charge in [-0.05, 0) is 42.7 Å². The average molecular weight is 478 g/mol. The molecular formula is C21H22Br2N2O. The number of aromatic nitrogens is 1. The zero-order valence-corrected chi connectivity index (χ0v) is 17.8. The number of benzene rings is 2. The molecule has 0 unspecified atom stereocenters. The Morgan fingerprint density at radius 1 is 1.04 bits per heavy atom. The van der Waals surface area contributed by atoms with E-state index in [1.807, 2.05) is 12.1 Å². The Morgan fingerprint density at radius 3 is 2.62 bits per heavy atom. The number of nitrogens with one attached hydrogen (secondary N) is 2. The summed E-state index contributed by atoms with van der Waals surface area (Å²) in [6.45, 7) is 0. The zero-order chi connectivity index (χ0) is 18.1. The highest BCUT2D eigenvalue weighted by Gasteiger charge is 2.16. The quantitative estimate of drug-likeness (QED) is 0.411. The first-order chi connectivity index (χ1) is 12.6. The van der Waals surface area contributed by atoms with Gasteiger partial charge in [0, 0.05) is 31.7 Å². The van der Waals surface area contributed by atoms with Gasteiger partial charge in [-0.3, -0.25) is 4.79 Å². The number of rotatable bonds is 4. The van der Waals surface area contributed by atoms with Gasteiger partial charge in [-0.25, -0.2) is 0 Å². The van der Waals surface area contributed by atoms with Gasteiger partial charge in [-0.1, -0.05) is 64.0 Å². The fourth-order valence-corrected chi connectivity index (χ4v) is 4.88. The Hall–Kier alpha value is -1.33. The van der Waals surface area contributed by atoms with Crippen LogP contribution in [0.3, 0.4) is 0 Å². The maximum absolute atomic E-state index is 12.5. The minimum Gasteiger partial charge on any atom is -0.353 e. The van der Waals surface area contributed by atoms with Crippen LogP contribution in [0.15, 0.2) is 39.3 Å². The molecule has 0 saturated heterocycles. The van der Waals surface area contributed by atoms with E-state index >= 15 is 0 Å². The number of hydrogen-bond donors (Lipinski definition) is 2. The predicted molar refractivity (Wildman–Crippen MR) is 116 cm³/mol. The third-order valence-electron chi connectivity index (χ3n) is 5.41. The molecule has 136 valence electrons. The second kappa shape index (κ2) is 7.73. The Balaban J connectivity index is 1.57. The molecule has 0 spiro atoms. The van der Waals surface area contributed by atoms with E-state index in [-0.39, 0.29) is 5.91 Å². The number of carbonyl (C=O) groups excluding carboxylic acids is 1. The van der Waals surface area contributed by atoms with Crippen LogP contribution in [-0.4, -0.2) is 10.9 Å². The fraction of sp³-hybridized carbons (Fsp3) is 0.381. The zero-order valence-electron chi connectivity index (χ0n) is 14.6. The van der Waals surface area contributed by atoms with Crippen molar-refractivity contribution in [3.8, 4) is 0 Å². The van der Waals surface area contributed by atoms with Crippen molar-refractivity contribution in [1.29, 1.82) is 0 Å². The van der Waals surface area contributed by atoms with Gasteiger partial charge in [0.25, 0.3) is 0 Å². The minimum atomic E-state index is 0.106. The van der Waals surface area contributed by atoms with Crippen LogP contribution in [0.1, 0.15) is 44.9 Å². The van der Waals surface area contributed by atoms with Gasteiger partial charge in [-0.15, -0.1) is 0 Å². The number of carbonyl (C=O) groups is 1. The Bertz CT molecular complexity index is 957. The molecule has 1 fully saturated rings. The third kappa shape index (κ3) is 3.84. The summed E-state index contributed by atoms with van der Waals surface area (Å²) >= 11 is 7.13. The first kappa shape index (κ1) is 18.1. The second-order valence-electron chi connectivity index (χ2n) is 7.28. The lowest BCUT2D eigenvalue weighted by molar-refractivity contribution is -0.116. The van der Waals surface area contributed by atoms with Crippen LogP contribution >= 0.6 is 31.9 Å². The number of H-pyrrole nitrogens is 1. The lowest BCUT2D eigenvalue weighted by atomic mass is 9.86. The number of hydrogen-bond acceptors (Lipinski definition) is 1. The molecule has 1 aliphatic rings. The SMILES string of the molecule is O=C(CCC1CCCCC1)Nc1cc(Br)cc2c1[nH]c1ccc(Br)cc12. The van der Waals surface area contributed by atoms with Crippen molar-refractivity contribution in [2.75, 3.05) is 5.32 Å². The van der Waals surface area contributed by atoms with E-state index in [2.05, 4.69) is 60.4 Å². The summed E-state index contributed by atoms with van der Waals surface area (Å²) in [5.41, 5.74) is 2.89. The fourth-order valence-electron chi connectivity index (χ4n) is 4.06. The van der Waals surface area contributed by atoms with E-state index in [9.17, 15) is 4.79 Å². The summed E-state index contributed by atoms with van der Waals surface area (Å²) in [5, 5.41) is 5.39. The highest BCUT2D eigenvalue weighted by molar-refractivity contribution is 9.10. The summed E-state index contributed by atoms with van der Waals surface area (Å²) in [7, 11) is 0. The van der Waals surface area contributed by atoms with E-state index in [0.29, 0.717) is 6.42 Å². The number of amides is 1. The van der Waals surface area contributed by atoms with Crippen molar-refractivity contribution < 1.29 is 4.79 Å². The first-order valence-electron chi connectivity index (χ1n) is 9.30. The normalized spacial score (nSPS) is 15.6. The molecule has 0 radical (unpaired) electrons. The summed E-state index contributed by atoms with van der Waals surface area (Å²) in [5.74, 6) is 0.831. The number of halogens is 2. The Labute approximate surface area is 170 Å². The molecule has 5 heteroatoms. The van der Waals surface area contributed by atoms with E-state index in [4.69, 9.17) is 0 Å². The van der Waals surface area contributed by atoms with Gasteiger partial charge in [0.2, 0.25) is 5.91 Å². The van der Waals surface area contributed by atoms with E-state index in [0.717, 1.165) is 48.8 Å². The number of anilines is 1. The molecular weight excluding hydrogens is 456 g/mol. The van der Waals surface area contributed by atoms with Gasteiger partial charge < -0.3 is 10.3 Å². The largest absolute Gasteiger partial charge is 0.353 e. The molecule has 3 nitrogen and oxygen atoms in total. The van der Waals surface area contributed by atoms with Crippen LogP contribution in [0.5, 0.6) is 0 Å². The van der Waals surface area contributed by atoms with Crippen molar-refractivity contribution in [3.05, 3.63) is 39.3 Å². The van der Waals surface area contributed by atoms with Crippen molar-refractivity contribution in [2.45, 2.75) is 44.9 Å². The first-order valence-corrected chi connectivity index (χ1v) is 10.9. The van der Waals surface area contributed by atoms with Crippen molar-refractivity contribution >= 4 is 65.3 Å². The molecule has 2 N–H and O–H groups in total. The van der Waals surface area contributed by atoms with Crippen LogP contribution < -0.4 is 5.32 Å². The highest BCUT2D eigenvalue weighted by Crippen LogP contribution is 2.35. The lowest BCUT2D eigenvalue weighted by Gasteiger charge is -2.21. The lowest BCUT2D eigenvalue weighted by Crippen LogP contribution is -2.15. The number of fused-ring (bicyclic) bond motifs is 3. The summed E-state index contributed by atoms with van der Waals surface area (Å²) in [4.78, 5) is 16.0. The molecule has 0 aliphatic heterocycles. The van der Waals surface area contributed by atoms with E-state index < -0.39 is 0 Å². The third-order valence-corrected chi connectivity index (χ3v) is 6.36. The summed E-state index contributed by atoms with van der Waals surface area (Å²) < 4.78 is 2.01. The maximum Gasteiger partial charge on any atom is 0.224 e. The van der Waals surface area contributed by atoms with Gasteiger partial charge in [0.05, 0.1) is 11.2 Å². The van der Waals surface area contributed by atoms with E-state index in [1.54, 1.807) is 0 Å². The van der Waals surface area contributed by atoms with Gasteiger partial charge in [0.1, 0.15) is 0 Å². The molecule has 0 bridgehead atoms. The average Bonchev–Trinajstić information content (AvgIpc) is 2.99. The second-order valence-corrected chi connectivity index (χ2v) is 9.11. The molecule has 1 aliphatic carbocycles. The molecule has 2 aromatic carbocycles. The van der Waals surface area contributed by atoms with Crippen molar-refractivity contribution in [1.82, 2.24) is 4.98 Å². The van der Waals surface area contributed by atoms with Gasteiger partial charge >= 0.3 is 0 Å². The van der Waals surface area contributed by atoms with Crippen LogP contribution in [0.2, 0.25) is 0 Å². The minimum absolute atomic E-state index is 0.106. The summed E-state index contributed by atoms with van der Waals surface area (Å²) in [6, 6.07) is 10.3.